The zero-order valence-corrected chi connectivity index (χ0v) is 11.2. The third kappa shape index (κ3) is 2.51. The Labute approximate surface area is 116 Å². The molecule has 3 unspecified atom stereocenters. The lowest BCUT2D eigenvalue weighted by atomic mass is 9.94. The summed E-state index contributed by atoms with van der Waals surface area (Å²) >= 11 is 6.03. The monoisotopic (exact) mass is 284 g/mol. The van der Waals surface area contributed by atoms with Crippen LogP contribution in [0.25, 0.3) is 0 Å². The summed E-state index contributed by atoms with van der Waals surface area (Å²) in [5.41, 5.74) is 2.13. The van der Waals surface area contributed by atoms with Crippen LogP contribution in [0.2, 0.25) is 5.02 Å². The highest BCUT2D eigenvalue weighted by Crippen LogP contribution is 2.35. The molecule has 0 aromatic heterocycles. The minimum absolute atomic E-state index is 0.147. The summed E-state index contributed by atoms with van der Waals surface area (Å²) in [6.07, 6.45) is -0.804. The Morgan fingerprint density at radius 3 is 2.79 bits per heavy atom. The van der Waals surface area contributed by atoms with Gasteiger partial charge in [0.15, 0.2) is 0 Å². The minimum atomic E-state index is -0.911. The second-order valence-electron chi connectivity index (χ2n) is 5.09. The highest BCUT2D eigenvalue weighted by Gasteiger charge is 2.42. The summed E-state index contributed by atoms with van der Waals surface area (Å²) in [5.74, 6) is 0. The van der Waals surface area contributed by atoms with Gasteiger partial charge in [-0.3, -0.25) is 0 Å². The lowest BCUT2D eigenvalue weighted by Gasteiger charge is -2.26. The molecule has 4 nitrogen and oxygen atoms in total. The van der Waals surface area contributed by atoms with E-state index in [2.05, 4.69) is 0 Å². The quantitative estimate of drug-likeness (QED) is 0.820. The van der Waals surface area contributed by atoms with Gasteiger partial charge in [0.25, 0.3) is 0 Å². The molecule has 2 aliphatic heterocycles. The summed E-state index contributed by atoms with van der Waals surface area (Å²) in [7, 11) is 0. The first kappa shape index (κ1) is 13.3. The summed E-state index contributed by atoms with van der Waals surface area (Å²) in [6, 6.07) is 5.69. The van der Waals surface area contributed by atoms with Crippen LogP contribution in [0.15, 0.2) is 18.2 Å². The van der Waals surface area contributed by atoms with Crippen LogP contribution >= 0.6 is 11.6 Å². The number of hydrogen-bond donors (Lipinski definition) is 2. The number of rotatable bonds is 1. The number of aliphatic hydroxyl groups is 2. The number of halogens is 1. The maximum absolute atomic E-state index is 10.0. The van der Waals surface area contributed by atoms with Gasteiger partial charge < -0.3 is 19.7 Å². The molecule has 2 heterocycles. The average Bonchev–Trinajstić information content (AvgIpc) is 2.62. The van der Waals surface area contributed by atoms with E-state index in [0.717, 1.165) is 24.0 Å². The van der Waals surface area contributed by atoms with Gasteiger partial charge in [-0.2, -0.15) is 0 Å². The Bertz CT molecular complexity index is 465. The fraction of sp³-hybridized carbons (Fsp3) is 0.571. The van der Waals surface area contributed by atoms with E-state index in [1.54, 1.807) is 0 Å². The smallest absolute Gasteiger partial charge is 0.116 e. The first-order valence-electron chi connectivity index (χ1n) is 6.54. The van der Waals surface area contributed by atoms with Gasteiger partial charge in [-0.25, -0.2) is 0 Å². The molecule has 4 atom stereocenters. The normalized spacial score (nSPS) is 34.9. The fourth-order valence-corrected chi connectivity index (χ4v) is 2.99. The largest absolute Gasteiger partial charge is 0.388 e. The van der Waals surface area contributed by atoms with Crippen molar-refractivity contribution in [1.29, 1.82) is 0 Å². The van der Waals surface area contributed by atoms with Gasteiger partial charge in [-0.1, -0.05) is 17.7 Å². The topological polar surface area (TPSA) is 58.9 Å². The number of aliphatic hydroxyl groups excluding tert-OH is 2. The molecule has 1 saturated heterocycles. The van der Waals surface area contributed by atoms with Crippen LogP contribution in [0.5, 0.6) is 0 Å². The highest BCUT2D eigenvalue weighted by atomic mass is 35.5. The van der Waals surface area contributed by atoms with E-state index in [-0.39, 0.29) is 12.7 Å². The third-order valence-electron chi connectivity index (χ3n) is 3.79. The summed E-state index contributed by atoms with van der Waals surface area (Å²) in [5, 5.41) is 20.3. The number of fused-ring (bicyclic) bond motifs is 1. The molecule has 1 aromatic carbocycles. The predicted molar refractivity (Wildman–Crippen MR) is 70.2 cm³/mol. The first-order valence-corrected chi connectivity index (χ1v) is 6.92. The number of aryl methyl sites for hydroxylation is 1. The molecule has 0 bridgehead atoms. The van der Waals surface area contributed by atoms with Crippen molar-refractivity contribution in [3.8, 4) is 0 Å². The Kier molecular flexibility index (Phi) is 3.78. The van der Waals surface area contributed by atoms with Crippen LogP contribution < -0.4 is 0 Å². The van der Waals surface area contributed by atoms with Crippen LogP contribution in [0.3, 0.4) is 0 Å². The standard InChI is InChI=1S/C14H17ClO4/c15-9-3-4-10-8(6-9)2-1-5-18-13(10)14-12(17)11(16)7-19-14/h3-4,6,11-14,16-17H,1-2,5,7H2/t11?,12?,13-,14?/m1/s1. The summed E-state index contributed by atoms with van der Waals surface area (Å²) in [4.78, 5) is 0. The van der Waals surface area contributed by atoms with Crippen molar-refractivity contribution in [3.05, 3.63) is 34.3 Å². The Morgan fingerprint density at radius 1 is 1.21 bits per heavy atom. The molecule has 0 spiro atoms. The van der Waals surface area contributed by atoms with Gasteiger partial charge in [0.2, 0.25) is 0 Å². The van der Waals surface area contributed by atoms with Gasteiger partial charge in [-0.05, 0) is 36.1 Å². The van der Waals surface area contributed by atoms with Crippen LogP contribution in [0.1, 0.15) is 23.7 Å². The van der Waals surface area contributed by atoms with Crippen LogP contribution in [0, 0.1) is 0 Å². The Morgan fingerprint density at radius 2 is 2.05 bits per heavy atom. The number of hydrogen-bond acceptors (Lipinski definition) is 4. The van der Waals surface area contributed by atoms with Gasteiger partial charge in [0.1, 0.15) is 24.4 Å². The minimum Gasteiger partial charge on any atom is -0.388 e. The molecule has 2 aliphatic rings. The van der Waals surface area contributed by atoms with Crippen molar-refractivity contribution in [1.82, 2.24) is 0 Å². The second-order valence-corrected chi connectivity index (χ2v) is 5.53. The van der Waals surface area contributed by atoms with Crippen molar-refractivity contribution >= 4 is 11.6 Å². The predicted octanol–water partition coefficient (Wildman–Crippen LogP) is 1.46. The Balaban J connectivity index is 1.94. The molecule has 104 valence electrons. The number of benzene rings is 1. The van der Waals surface area contributed by atoms with Gasteiger partial charge in [0, 0.05) is 11.6 Å². The van der Waals surface area contributed by atoms with E-state index in [9.17, 15) is 10.2 Å². The van der Waals surface area contributed by atoms with Gasteiger partial charge >= 0.3 is 0 Å². The van der Waals surface area contributed by atoms with E-state index in [0.29, 0.717) is 11.6 Å². The van der Waals surface area contributed by atoms with E-state index in [4.69, 9.17) is 21.1 Å². The molecule has 19 heavy (non-hydrogen) atoms. The van der Waals surface area contributed by atoms with Crippen molar-refractivity contribution in [2.45, 2.75) is 37.3 Å². The van der Waals surface area contributed by atoms with Crippen molar-refractivity contribution in [2.75, 3.05) is 13.2 Å². The number of ether oxygens (including phenoxy) is 2. The highest BCUT2D eigenvalue weighted by molar-refractivity contribution is 6.30. The van der Waals surface area contributed by atoms with Gasteiger partial charge in [-0.15, -0.1) is 0 Å². The maximum Gasteiger partial charge on any atom is 0.116 e. The third-order valence-corrected chi connectivity index (χ3v) is 4.02. The first-order chi connectivity index (χ1) is 9.16. The fourth-order valence-electron chi connectivity index (χ4n) is 2.80. The lowest BCUT2D eigenvalue weighted by molar-refractivity contribution is -0.0835. The molecular weight excluding hydrogens is 268 g/mol. The second kappa shape index (κ2) is 5.38. The zero-order valence-electron chi connectivity index (χ0n) is 10.5. The summed E-state index contributed by atoms with van der Waals surface area (Å²) < 4.78 is 11.3. The van der Waals surface area contributed by atoms with E-state index >= 15 is 0 Å². The van der Waals surface area contributed by atoms with E-state index < -0.39 is 18.3 Å². The molecule has 0 radical (unpaired) electrons. The summed E-state index contributed by atoms with van der Waals surface area (Å²) in [6.45, 7) is 0.758. The van der Waals surface area contributed by atoms with Crippen molar-refractivity contribution in [3.63, 3.8) is 0 Å². The van der Waals surface area contributed by atoms with Crippen molar-refractivity contribution in [2.24, 2.45) is 0 Å². The van der Waals surface area contributed by atoms with Crippen LogP contribution in [-0.4, -0.2) is 41.7 Å². The zero-order chi connectivity index (χ0) is 13.4. The van der Waals surface area contributed by atoms with Crippen LogP contribution in [0.4, 0.5) is 0 Å². The molecule has 5 heteroatoms. The van der Waals surface area contributed by atoms with E-state index in [1.165, 1.54) is 0 Å². The molecule has 0 saturated carbocycles. The van der Waals surface area contributed by atoms with E-state index in [1.807, 2.05) is 18.2 Å². The SMILES string of the molecule is OC1COC([C@@H]2OCCCc3cc(Cl)ccc32)C1O. The molecular formula is C14H17ClO4. The molecule has 0 amide bonds. The Hall–Kier alpha value is -0.650. The molecule has 1 aromatic rings. The lowest BCUT2D eigenvalue weighted by Crippen LogP contribution is -2.35. The van der Waals surface area contributed by atoms with Crippen molar-refractivity contribution < 1.29 is 19.7 Å². The van der Waals surface area contributed by atoms with Gasteiger partial charge in [0.05, 0.1) is 6.61 Å². The molecule has 1 fully saturated rings. The molecule has 2 N–H and O–H groups in total. The molecule has 0 aliphatic carbocycles. The maximum atomic E-state index is 10.0. The van der Waals surface area contributed by atoms with Crippen LogP contribution in [-0.2, 0) is 15.9 Å². The average molecular weight is 285 g/mol. The molecule has 3 rings (SSSR count).